The van der Waals surface area contributed by atoms with Gasteiger partial charge in [-0.05, 0) is 12.3 Å². The molecule has 16 unspecified atom stereocenters. The van der Waals surface area contributed by atoms with Crippen molar-refractivity contribution in [2.45, 2.75) is 134 Å². The first-order valence-electron chi connectivity index (χ1n) is 13.2. The van der Waals surface area contributed by atoms with Gasteiger partial charge in [0.15, 0.2) is 0 Å². The summed E-state index contributed by atoms with van der Waals surface area (Å²) in [5.74, 6) is 0.0438. The molecule has 0 amide bonds. The molecule has 0 fully saturated rings. The molecular weight excluding hydrogens is 884 g/mol. The molecule has 0 saturated heterocycles. The van der Waals surface area contributed by atoms with Gasteiger partial charge in [0.1, 0.15) is 5.56 Å². The maximum Gasteiger partial charge on any atom is 0.148 e. The summed E-state index contributed by atoms with van der Waals surface area (Å²) in [6.07, 6.45) is 1.73. The number of rotatable bonds is 20. The van der Waals surface area contributed by atoms with Crippen LogP contribution < -0.4 is 0 Å². The number of hydrogen-bond acceptors (Lipinski definition) is 1. The fourth-order valence-corrected chi connectivity index (χ4v) is 9.09. The molecule has 0 aromatic carbocycles. The predicted octanol–water partition coefficient (Wildman–Crippen LogP) is 13.2. The summed E-state index contributed by atoms with van der Waals surface area (Å²) < 4.78 is 5.49. The molecule has 0 heterocycles. The fraction of sp³-hybridized carbons (Fsp3) is 1.00. The lowest BCUT2D eigenvalue weighted by atomic mass is 9.99. The first-order chi connectivity index (χ1) is 19.3. The number of hydrogen-bond donors (Lipinski definition) is 0. The number of ether oxygens (including phenoxy) is 1. The molecule has 0 aliphatic carbocycles. The standard InChI is InChI=1S/C23H32Cl16O.C2H6/c1-4-5-6-40-23(39)22(38)21(37)20(36)19(35)18(34)17(33)16(32)15(31)14(30)13(29)12(28)11(27)10(26)9(25)8(24)7(2)3;1-2/h7-23H,4-6H2,1-3H3;1-2H3. The van der Waals surface area contributed by atoms with Gasteiger partial charge in [0.2, 0.25) is 0 Å². The lowest BCUT2D eigenvalue weighted by Gasteiger charge is -2.35. The zero-order valence-electron chi connectivity index (χ0n) is 23.4. The van der Waals surface area contributed by atoms with Crippen LogP contribution in [0.2, 0.25) is 0 Å². The van der Waals surface area contributed by atoms with E-state index in [9.17, 15) is 0 Å². The predicted molar refractivity (Wildman–Crippen MR) is 201 cm³/mol. The van der Waals surface area contributed by atoms with E-state index in [0.717, 1.165) is 12.8 Å². The van der Waals surface area contributed by atoms with Crippen molar-refractivity contribution >= 4 is 186 Å². The molecule has 256 valence electrons. The van der Waals surface area contributed by atoms with Gasteiger partial charge in [-0.15, -0.1) is 174 Å². The average Bonchev–Trinajstić information content (AvgIpc) is 2.99. The topological polar surface area (TPSA) is 9.23 Å². The first kappa shape index (κ1) is 48.7. The number of halogens is 16. The van der Waals surface area contributed by atoms with Crippen LogP contribution in [0.3, 0.4) is 0 Å². The van der Waals surface area contributed by atoms with E-state index in [-0.39, 0.29) is 5.92 Å². The van der Waals surface area contributed by atoms with Crippen LogP contribution in [0.4, 0.5) is 0 Å². The largest absolute Gasteiger partial charge is 0.361 e. The van der Waals surface area contributed by atoms with E-state index < -0.39 is 86.2 Å². The first-order valence-corrected chi connectivity index (χ1v) is 20.2. The van der Waals surface area contributed by atoms with E-state index in [1.54, 1.807) is 0 Å². The third kappa shape index (κ3) is 15.7. The minimum Gasteiger partial charge on any atom is -0.361 e. The second-order valence-corrected chi connectivity index (χ2v) is 17.5. The zero-order chi connectivity index (χ0) is 33.6. The number of unbranched alkanes of at least 4 members (excludes halogenated alkanes) is 1. The number of alkyl halides is 16. The van der Waals surface area contributed by atoms with Gasteiger partial charge in [-0.3, -0.25) is 0 Å². The van der Waals surface area contributed by atoms with Crippen molar-refractivity contribution in [3.8, 4) is 0 Å². The highest BCUT2D eigenvalue weighted by Gasteiger charge is 2.46. The molecule has 0 rings (SSSR count). The van der Waals surface area contributed by atoms with Gasteiger partial charge in [0, 0.05) is 6.61 Å². The van der Waals surface area contributed by atoms with Crippen LogP contribution in [-0.4, -0.2) is 92.8 Å². The summed E-state index contributed by atoms with van der Waals surface area (Å²) in [6, 6.07) is 0. The lowest BCUT2D eigenvalue weighted by Crippen LogP contribution is -2.49. The summed E-state index contributed by atoms with van der Waals surface area (Å²) in [7, 11) is 0. The summed E-state index contributed by atoms with van der Waals surface area (Å²) in [5.41, 5.74) is -0.899. The normalized spacial score (nSPS) is 23.9. The molecule has 42 heavy (non-hydrogen) atoms. The summed E-state index contributed by atoms with van der Waals surface area (Å²) in [5, 5.41) is -13.8. The molecule has 0 N–H and O–H groups in total. The highest BCUT2D eigenvalue weighted by Crippen LogP contribution is 2.39. The maximum atomic E-state index is 6.57. The highest BCUT2D eigenvalue weighted by atomic mass is 35.5. The van der Waals surface area contributed by atoms with Gasteiger partial charge in [0.05, 0.1) is 80.7 Å². The van der Waals surface area contributed by atoms with E-state index in [2.05, 4.69) is 0 Å². The van der Waals surface area contributed by atoms with Gasteiger partial charge in [0.25, 0.3) is 0 Å². The Labute approximate surface area is 332 Å². The minimum absolute atomic E-state index is 0.0438. The van der Waals surface area contributed by atoms with Crippen LogP contribution >= 0.6 is 186 Å². The Morgan fingerprint density at radius 3 is 0.810 bits per heavy atom. The third-order valence-electron chi connectivity index (χ3n) is 5.92. The maximum absolute atomic E-state index is 6.57. The van der Waals surface area contributed by atoms with Gasteiger partial charge < -0.3 is 4.74 Å². The molecule has 0 bridgehead atoms. The van der Waals surface area contributed by atoms with Crippen molar-refractivity contribution in [3.63, 3.8) is 0 Å². The SMILES string of the molecule is CC.CCCCOC(Cl)C(Cl)C(Cl)C(Cl)C(Cl)C(Cl)C(Cl)C(Cl)C(Cl)C(Cl)C(Cl)C(Cl)C(Cl)C(Cl)C(Cl)C(Cl)C(C)C. The smallest absolute Gasteiger partial charge is 0.148 e. The van der Waals surface area contributed by atoms with Gasteiger partial charge in [-0.25, -0.2) is 0 Å². The van der Waals surface area contributed by atoms with Crippen molar-refractivity contribution in [2.75, 3.05) is 6.61 Å². The molecule has 0 saturated carbocycles. The molecule has 0 radical (unpaired) electrons. The van der Waals surface area contributed by atoms with Crippen molar-refractivity contribution in [1.29, 1.82) is 0 Å². The molecule has 0 aliphatic rings. The molecule has 1 nitrogen and oxygen atoms in total. The zero-order valence-corrected chi connectivity index (χ0v) is 35.5. The Morgan fingerprint density at radius 1 is 0.381 bits per heavy atom. The van der Waals surface area contributed by atoms with Crippen LogP contribution in [-0.2, 0) is 4.74 Å². The van der Waals surface area contributed by atoms with Crippen molar-refractivity contribution in [3.05, 3.63) is 0 Å². The Balaban J connectivity index is 0. The summed E-state index contributed by atoms with van der Waals surface area (Å²) in [6.45, 7) is 10.2. The van der Waals surface area contributed by atoms with Crippen LogP contribution in [0.15, 0.2) is 0 Å². The van der Waals surface area contributed by atoms with Gasteiger partial charge >= 0.3 is 0 Å². The molecule has 17 heteroatoms. The van der Waals surface area contributed by atoms with E-state index in [1.165, 1.54) is 0 Å². The lowest BCUT2D eigenvalue weighted by molar-refractivity contribution is 0.101. The second kappa shape index (κ2) is 25.5. The van der Waals surface area contributed by atoms with Gasteiger partial charge in [-0.2, -0.15) is 0 Å². The highest BCUT2D eigenvalue weighted by molar-refractivity contribution is 6.46. The Hall–Kier alpha value is 4.60. The monoisotopic (exact) mass is 914 g/mol. The van der Waals surface area contributed by atoms with Crippen LogP contribution in [0.5, 0.6) is 0 Å². The van der Waals surface area contributed by atoms with Crippen molar-refractivity contribution < 1.29 is 4.74 Å². The van der Waals surface area contributed by atoms with E-state index in [0.29, 0.717) is 6.61 Å². The van der Waals surface area contributed by atoms with Crippen molar-refractivity contribution in [2.24, 2.45) is 5.92 Å². The Bertz CT molecular complexity index is 680. The summed E-state index contributed by atoms with van der Waals surface area (Å²) >= 11 is 104. The van der Waals surface area contributed by atoms with Crippen LogP contribution in [0.1, 0.15) is 47.5 Å². The van der Waals surface area contributed by atoms with E-state index >= 15 is 0 Å². The molecule has 0 spiro atoms. The Morgan fingerprint density at radius 2 is 0.595 bits per heavy atom. The molecular formula is C25H38Cl16O. The van der Waals surface area contributed by atoms with Crippen molar-refractivity contribution in [1.82, 2.24) is 0 Å². The van der Waals surface area contributed by atoms with E-state index in [1.807, 2.05) is 34.6 Å². The third-order valence-corrected chi connectivity index (χ3v) is 16.6. The molecule has 16 atom stereocenters. The Kier molecular flexibility index (Phi) is 29.6. The molecule has 0 aromatic rings. The molecule has 0 aliphatic heterocycles. The van der Waals surface area contributed by atoms with E-state index in [4.69, 9.17) is 190 Å². The van der Waals surface area contributed by atoms with Crippen LogP contribution in [0, 0.1) is 5.92 Å². The second-order valence-electron chi connectivity index (χ2n) is 9.49. The van der Waals surface area contributed by atoms with Gasteiger partial charge in [-0.1, -0.05) is 52.6 Å². The minimum atomic E-state index is -1.04. The average molecular weight is 922 g/mol. The fourth-order valence-electron chi connectivity index (χ4n) is 3.23. The molecule has 0 aromatic heterocycles. The summed E-state index contributed by atoms with van der Waals surface area (Å²) in [4.78, 5) is 0. The van der Waals surface area contributed by atoms with Crippen LogP contribution in [0.25, 0.3) is 0 Å². The quantitative estimate of drug-likeness (QED) is 0.0873.